The van der Waals surface area contributed by atoms with Gasteiger partial charge in [-0.15, -0.1) is 0 Å². The molecule has 7 nitrogen and oxygen atoms in total. The summed E-state index contributed by atoms with van der Waals surface area (Å²) < 4.78 is 11.3. The van der Waals surface area contributed by atoms with Crippen molar-refractivity contribution in [1.29, 1.82) is 0 Å². The van der Waals surface area contributed by atoms with Crippen molar-refractivity contribution in [2.24, 2.45) is 10.7 Å². The number of rotatable bonds is 6. The number of nitrogens with two attached hydrogens (primary N) is 1. The van der Waals surface area contributed by atoms with Crippen molar-refractivity contribution >= 4 is 11.9 Å². The molecule has 0 spiro atoms. The molecule has 0 radical (unpaired) electrons. The van der Waals surface area contributed by atoms with Gasteiger partial charge in [-0.25, -0.2) is 0 Å². The van der Waals surface area contributed by atoms with Gasteiger partial charge in [0.2, 0.25) is 0 Å². The van der Waals surface area contributed by atoms with Crippen LogP contribution in [0.4, 0.5) is 0 Å². The van der Waals surface area contributed by atoms with Crippen molar-refractivity contribution in [2.75, 3.05) is 7.05 Å². The van der Waals surface area contributed by atoms with Crippen LogP contribution >= 0.6 is 0 Å². The number of amides is 1. The lowest BCUT2D eigenvalue weighted by molar-refractivity contribution is 0.0972. The van der Waals surface area contributed by atoms with Gasteiger partial charge in [-0.05, 0) is 39.0 Å². The third kappa shape index (κ3) is 5.84. The van der Waals surface area contributed by atoms with E-state index in [-0.39, 0.29) is 11.4 Å². The molecule has 0 atom stereocenters. The van der Waals surface area contributed by atoms with E-state index in [1.54, 1.807) is 19.2 Å². The summed E-state index contributed by atoms with van der Waals surface area (Å²) in [5, 5.41) is 6.37. The molecule has 4 N–H and O–H groups in total. The van der Waals surface area contributed by atoms with Crippen LogP contribution < -0.4 is 21.1 Å². The van der Waals surface area contributed by atoms with Crippen LogP contribution in [0, 0.1) is 0 Å². The number of guanidine groups is 1. The molecule has 1 aromatic heterocycles. The lowest BCUT2D eigenvalue weighted by Crippen LogP contribution is -2.36. The van der Waals surface area contributed by atoms with Crippen LogP contribution in [-0.2, 0) is 13.1 Å². The maximum absolute atomic E-state index is 11.1. The van der Waals surface area contributed by atoms with Crippen molar-refractivity contribution < 1.29 is 13.9 Å². The first-order valence-electron chi connectivity index (χ1n) is 8.38. The molecule has 0 bridgehead atoms. The van der Waals surface area contributed by atoms with Gasteiger partial charge in [0.05, 0.1) is 6.54 Å². The lowest BCUT2D eigenvalue weighted by Gasteiger charge is -2.23. The van der Waals surface area contributed by atoms with E-state index >= 15 is 0 Å². The predicted molar refractivity (Wildman–Crippen MR) is 101 cm³/mol. The molecule has 0 fully saturated rings. The Morgan fingerprint density at radius 3 is 2.46 bits per heavy atom. The molecule has 2 aromatic rings. The number of benzene rings is 1. The number of carbonyl (C=O) groups excluding carboxylic acids is 1. The molecule has 1 amide bonds. The number of ether oxygens (including phenoxy) is 1. The highest BCUT2D eigenvalue weighted by atomic mass is 16.5. The first-order chi connectivity index (χ1) is 12.3. The van der Waals surface area contributed by atoms with E-state index in [1.807, 2.05) is 45.0 Å². The highest BCUT2D eigenvalue weighted by molar-refractivity contribution is 5.89. The molecule has 0 saturated heterocycles. The highest BCUT2D eigenvalue weighted by Crippen LogP contribution is 2.22. The molecule has 0 saturated carbocycles. The summed E-state index contributed by atoms with van der Waals surface area (Å²) >= 11 is 0. The molecule has 7 heteroatoms. The molecule has 2 rings (SSSR count). The van der Waals surface area contributed by atoms with E-state index < -0.39 is 5.91 Å². The van der Waals surface area contributed by atoms with Gasteiger partial charge < -0.3 is 25.5 Å². The van der Waals surface area contributed by atoms with Crippen molar-refractivity contribution in [2.45, 2.75) is 39.5 Å². The van der Waals surface area contributed by atoms with Gasteiger partial charge in [-0.1, -0.05) is 18.2 Å². The Hall–Kier alpha value is -2.96. The zero-order valence-corrected chi connectivity index (χ0v) is 15.6. The maximum Gasteiger partial charge on any atom is 0.284 e. The highest BCUT2D eigenvalue weighted by Gasteiger charge is 2.14. The Balaban J connectivity index is 1.94. The van der Waals surface area contributed by atoms with Gasteiger partial charge in [0.1, 0.15) is 17.1 Å². The standard InChI is InChI=1S/C19H26N4O3/c1-19(2,3)26-15-8-6-5-7-13(15)11-22-18(21-4)23-12-14-9-10-16(25-14)17(20)24/h5-10H,11-12H2,1-4H3,(H2,20,24)(H2,21,22,23). The summed E-state index contributed by atoms with van der Waals surface area (Å²) in [6, 6.07) is 11.1. The van der Waals surface area contributed by atoms with Crippen LogP contribution in [0.3, 0.4) is 0 Å². The zero-order chi connectivity index (χ0) is 19.2. The molecule has 0 aliphatic rings. The third-order valence-corrected chi connectivity index (χ3v) is 3.39. The predicted octanol–water partition coefficient (Wildman–Crippen LogP) is 2.42. The quantitative estimate of drug-likeness (QED) is 0.544. The van der Waals surface area contributed by atoms with Gasteiger partial charge in [-0.2, -0.15) is 0 Å². The molecule has 0 aliphatic carbocycles. The van der Waals surface area contributed by atoms with Crippen molar-refractivity contribution in [3.8, 4) is 5.75 Å². The summed E-state index contributed by atoms with van der Waals surface area (Å²) in [7, 11) is 1.68. The van der Waals surface area contributed by atoms with Crippen LogP contribution in [0.15, 0.2) is 45.8 Å². The number of para-hydroxylation sites is 1. The van der Waals surface area contributed by atoms with Crippen molar-refractivity contribution in [1.82, 2.24) is 10.6 Å². The fraction of sp³-hybridized carbons (Fsp3) is 0.368. The Kier molecular flexibility index (Phi) is 6.27. The second kappa shape index (κ2) is 8.42. The Morgan fingerprint density at radius 1 is 1.15 bits per heavy atom. The van der Waals surface area contributed by atoms with Gasteiger partial charge in [0.25, 0.3) is 5.91 Å². The van der Waals surface area contributed by atoms with E-state index in [9.17, 15) is 4.79 Å². The number of carbonyl (C=O) groups is 1. The molecule has 1 aromatic carbocycles. The molecule has 26 heavy (non-hydrogen) atoms. The molecule has 0 aliphatic heterocycles. The SMILES string of the molecule is CN=C(NCc1ccc(C(N)=O)o1)NCc1ccccc1OC(C)(C)C. The Labute approximate surface area is 153 Å². The van der Waals surface area contributed by atoms with Gasteiger partial charge in [0.15, 0.2) is 11.7 Å². The molecule has 140 valence electrons. The minimum atomic E-state index is -0.589. The minimum Gasteiger partial charge on any atom is -0.488 e. The fourth-order valence-electron chi connectivity index (χ4n) is 2.26. The van der Waals surface area contributed by atoms with Crippen molar-refractivity contribution in [3.05, 3.63) is 53.5 Å². The molecule has 1 heterocycles. The summed E-state index contributed by atoms with van der Waals surface area (Å²) in [4.78, 5) is 15.2. The first kappa shape index (κ1) is 19.4. The fourth-order valence-corrected chi connectivity index (χ4v) is 2.26. The van der Waals surface area contributed by atoms with E-state index in [0.717, 1.165) is 11.3 Å². The second-order valence-electron chi connectivity index (χ2n) is 6.73. The van der Waals surface area contributed by atoms with E-state index in [4.69, 9.17) is 14.9 Å². The number of nitrogens with one attached hydrogen (secondary N) is 2. The summed E-state index contributed by atoms with van der Waals surface area (Å²) in [6.45, 7) is 6.98. The van der Waals surface area contributed by atoms with Crippen LogP contribution in [-0.4, -0.2) is 24.5 Å². The van der Waals surface area contributed by atoms with E-state index in [1.165, 1.54) is 0 Å². The second-order valence-corrected chi connectivity index (χ2v) is 6.73. The number of hydrogen-bond donors (Lipinski definition) is 3. The maximum atomic E-state index is 11.1. The summed E-state index contributed by atoms with van der Waals surface area (Å²) in [5.41, 5.74) is 5.93. The number of aliphatic imine (C=N–C) groups is 1. The van der Waals surface area contributed by atoms with Gasteiger partial charge >= 0.3 is 0 Å². The smallest absolute Gasteiger partial charge is 0.284 e. The minimum absolute atomic E-state index is 0.137. The number of nitrogens with zero attached hydrogens (tertiary/aromatic N) is 1. The largest absolute Gasteiger partial charge is 0.488 e. The van der Waals surface area contributed by atoms with E-state index in [0.29, 0.717) is 24.8 Å². The van der Waals surface area contributed by atoms with Crippen LogP contribution in [0.2, 0.25) is 0 Å². The molecule has 0 unspecified atom stereocenters. The average Bonchev–Trinajstić information content (AvgIpc) is 3.04. The zero-order valence-electron chi connectivity index (χ0n) is 15.6. The summed E-state index contributed by atoms with van der Waals surface area (Å²) in [5.74, 6) is 1.58. The average molecular weight is 358 g/mol. The molecular formula is C19H26N4O3. The number of furan rings is 1. The van der Waals surface area contributed by atoms with Crippen LogP contribution in [0.25, 0.3) is 0 Å². The lowest BCUT2D eigenvalue weighted by atomic mass is 10.1. The van der Waals surface area contributed by atoms with Gasteiger partial charge in [0, 0.05) is 19.2 Å². The number of hydrogen-bond acceptors (Lipinski definition) is 4. The van der Waals surface area contributed by atoms with Gasteiger partial charge in [-0.3, -0.25) is 9.79 Å². The van der Waals surface area contributed by atoms with Crippen LogP contribution in [0.1, 0.15) is 42.6 Å². The Morgan fingerprint density at radius 2 is 1.85 bits per heavy atom. The van der Waals surface area contributed by atoms with Crippen molar-refractivity contribution in [3.63, 3.8) is 0 Å². The first-order valence-corrected chi connectivity index (χ1v) is 8.38. The normalized spacial score (nSPS) is 11.9. The topological polar surface area (TPSA) is 102 Å². The third-order valence-electron chi connectivity index (χ3n) is 3.39. The summed E-state index contributed by atoms with van der Waals surface area (Å²) in [6.07, 6.45) is 0. The van der Waals surface area contributed by atoms with E-state index in [2.05, 4.69) is 15.6 Å². The monoisotopic (exact) mass is 358 g/mol. The Bertz CT molecular complexity index is 775. The molecular weight excluding hydrogens is 332 g/mol. The number of primary amides is 1. The van der Waals surface area contributed by atoms with Crippen LogP contribution in [0.5, 0.6) is 5.75 Å².